The van der Waals surface area contributed by atoms with Crippen molar-refractivity contribution in [2.45, 2.75) is 59.3 Å². The number of rotatable bonds is 15. The first-order valence-electron chi connectivity index (χ1n) is 23.1. The van der Waals surface area contributed by atoms with Crippen LogP contribution in [0.2, 0.25) is 0 Å². The highest BCUT2D eigenvalue weighted by Gasteiger charge is 2.45. The number of halogens is 1. The van der Waals surface area contributed by atoms with E-state index in [0.717, 1.165) is 38.5 Å². The fourth-order valence-electron chi connectivity index (χ4n) is 9.98. The first-order chi connectivity index (χ1) is 31.8. The minimum atomic E-state index is -3.54. The lowest BCUT2D eigenvalue weighted by molar-refractivity contribution is 1.08. The zero-order chi connectivity index (χ0) is 44.6. The first-order valence-corrected chi connectivity index (χ1v) is 26.1. The SMILES string of the molecule is Cc1cc(Cc2ccccc2)c(Cc2ccccc2)c([Si](Cl)(c2cc(C)cc(Cc3ccccc3)c2Cc2ccccc2)c2cc(C)cc(Cc3ccccc3)c2Cc2ccccc2)c1. The van der Waals surface area contributed by atoms with Crippen LogP contribution in [-0.4, -0.2) is 7.38 Å². The Bertz CT molecular complexity index is 2650. The Morgan fingerprint density at radius 3 is 0.692 bits per heavy atom. The van der Waals surface area contributed by atoms with Crippen molar-refractivity contribution in [3.05, 3.63) is 302 Å². The van der Waals surface area contributed by atoms with Gasteiger partial charge in [-0.15, -0.1) is 11.1 Å². The summed E-state index contributed by atoms with van der Waals surface area (Å²) in [6, 6.07) is 80.8. The van der Waals surface area contributed by atoms with Crippen molar-refractivity contribution in [3.63, 3.8) is 0 Å². The highest BCUT2D eigenvalue weighted by molar-refractivity contribution is 7.40. The van der Waals surface area contributed by atoms with E-state index in [0.29, 0.717) is 0 Å². The summed E-state index contributed by atoms with van der Waals surface area (Å²) in [5.41, 5.74) is 19.6. The van der Waals surface area contributed by atoms with Gasteiger partial charge in [0.1, 0.15) is 0 Å². The quantitative estimate of drug-likeness (QED) is 0.0547. The van der Waals surface area contributed by atoms with Crippen LogP contribution in [0.5, 0.6) is 0 Å². The van der Waals surface area contributed by atoms with Crippen molar-refractivity contribution >= 4 is 34.0 Å². The predicted molar refractivity (Wildman–Crippen MR) is 280 cm³/mol. The molecule has 0 spiro atoms. The van der Waals surface area contributed by atoms with Crippen molar-refractivity contribution in [3.8, 4) is 0 Å². The molecule has 0 aliphatic rings. The van der Waals surface area contributed by atoms with E-state index in [2.05, 4.69) is 239 Å². The molecule has 0 saturated heterocycles. The maximum Gasteiger partial charge on any atom is 0.248 e. The predicted octanol–water partition coefficient (Wildman–Crippen LogP) is 13.4. The zero-order valence-electron chi connectivity index (χ0n) is 37.9. The Labute approximate surface area is 393 Å². The van der Waals surface area contributed by atoms with Crippen LogP contribution in [0.25, 0.3) is 0 Å². The number of benzene rings is 9. The third-order valence-corrected chi connectivity index (χ3v) is 18.4. The van der Waals surface area contributed by atoms with Gasteiger partial charge in [0.25, 0.3) is 0 Å². The van der Waals surface area contributed by atoms with Gasteiger partial charge in [-0.25, -0.2) is 0 Å². The lowest BCUT2D eigenvalue weighted by atomic mass is 9.93. The molecule has 0 radical (unpaired) electrons. The Balaban J connectivity index is 1.41. The Hall–Kier alpha value is -6.51. The molecule has 0 unspecified atom stereocenters. The van der Waals surface area contributed by atoms with E-state index in [4.69, 9.17) is 0 Å². The molecule has 9 aromatic carbocycles. The van der Waals surface area contributed by atoms with Gasteiger partial charge in [0, 0.05) is 0 Å². The van der Waals surface area contributed by atoms with Gasteiger partial charge in [-0.2, -0.15) is 0 Å². The average molecular weight is 878 g/mol. The largest absolute Gasteiger partial charge is 0.248 e. The van der Waals surface area contributed by atoms with E-state index < -0.39 is 7.38 Å². The van der Waals surface area contributed by atoms with Gasteiger partial charge >= 0.3 is 0 Å². The van der Waals surface area contributed by atoms with E-state index in [1.54, 1.807) is 0 Å². The summed E-state index contributed by atoms with van der Waals surface area (Å²) in [5, 5.41) is 3.89. The van der Waals surface area contributed by atoms with Crippen LogP contribution in [0.1, 0.15) is 83.5 Å². The van der Waals surface area contributed by atoms with Gasteiger partial charge in [-0.3, -0.25) is 0 Å². The topological polar surface area (TPSA) is 0 Å². The summed E-state index contributed by atoms with van der Waals surface area (Å²) < 4.78 is 0. The van der Waals surface area contributed by atoms with Gasteiger partial charge in [0.2, 0.25) is 7.38 Å². The first kappa shape index (κ1) is 43.7. The molecule has 65 heavy (non-hydrogen) atoms. The minimum Gasteiger partial charge on any atom is -0.149 e. The maximum atomic E-state index is 9.41. The molecule has 0 fully saturated rings. The van der Waals surface area contributed by atoms with E-state index >= 15 is 0 Å². The molecule has 0 saturated carbocycles. The number of aryl methyl sites for hydroxylation is 3. The van der Waals surface area contributed by atoms with Crippen molar-refractivity contribution in [2.75, 3.05) is 0 Å². The molecular formula is C63H57ClSi. The molecule has 0 heterocycles. The monoisotopic (exact) mass is 876 g/mol. The van der Waals surface area contributed by atoms with Crippen LogP contribution in [0.15, 0.2) is 218 Å². The molecule has 0 aliphatic carbocycles. The third kappa shape index (κ3) is 10.2. The molecule has 0 atom stereocenters. The summed E-state index contributed by atoms with van der Waals surface area (Å²) in [6.45, 7) is 6.83. The summed E-state index contributed by atoms with van der Waals surface area (Å²) >= 11 is 9.41. The Kier molecular flexibility index (Phi) is 13.5. The van der Waals surface area contributed by atoms with Crippen molar-refractivity contribution in [1.29, 1.82) is 0 Å². The van der Waals surface area contributed by atoms with Gasteiger partial charge in [0.15, 0.2) is 0 Å². The van der Waals surface area contributed by atoms with Crippen LogP contribution in [-0.2, 0) is 38.5 Å². The fourth-order valence-corrected chi connectivity index (χ4v) is 15.6. The highest BCUT2D eigenvalue weighted by atomic mass is 35.6. The van der Waals surface area contributed by atoms with E-state index in [-0.39, 0.29) is 0 Å². The molecular weight excluding hydrogens is 820 g/mol. The molecule has 9 rings (SSSR count). The Morgan fingerprint density at radius 1 is 0.277 bits per heavy atom. The van der Waals surface area contributed by atoms with E-state index in [1.165, 1.54) is 99.0 Å². The smallest absolute Gasteiger partial charge is 0.149 e. The second-order valence-corrected chi connectivity index (χ2v) is 22.6. The summed E-state index contributed by atoms with van der Waals surface area (Å²) in [7, 11) is -3.54. The van der Waals surface area contributed by atoms with E-state index in [1.807, 2.05) is 0 Å². The molecule has 0 nitrogen and oxygen atoms in total. The molecule has 0 amide bonds. The summed E-state index contributed by atoms with van der Waals surface area (Å²) in [4.78, 5) is 0. The van der Waals surface area contributed by atoms with Gasteiger partial charge < -0.3 is 0 Å². The maximum absolute atomic E-state index is 9.41. The van der Waals surface area contributed by atoms with Crippen molar-refractivity contribution in [1.82, 2.24) is 0 Å². The van der Waals surface area contributed by atoms with E-state index in [9.17, 15) is 11.1 Å². The molecule has 2 heteroatoms. The van der Waals surface area contributed by atoms with Crippen LogP contribution in [0.3, 0.4) is 0 Å². The normalized spacial score (nSPS) is 11.4. The second-order valence-electron chi connectivity index (χ2n) is 18.0. The molecule has 9 aromatic rings. The lowest BCUT2D eigenvalue weighted by Gasteiger charge is -2.36. The second kappa shape index (κ2) is 20.1. The standard InChI is InChI=1S/C63H57ClSi/c1-46-34-55(40-49-22-10-4-11-23-49)58(43-52-28-16-7-17-29-52)61(37-46)65(64,62-38-47(2)35-56(41-50-24-12-5-13-25-50)59(62)44-53-30-18-8-19-31-53)63-39-48(3)36-57(42-51-26-14-6-15-27-51)60(63)45-54-32-20-9-21-33-54/h4-39H,40-45H2,1-3H3. The average Bonchev–Trinajstić information content (AvgIpc) is 3.33. The Morgan fingerprint density at radius 2 is 0.477 bits per heavy atom. The van der Waals surface area contributed by atoms with Crippen LogP contribution in [0.4, 0.5) is 0 Å². The number of hydrogen-bond donors (Lipinski definition) is 0. The fraction of sp³-hybridized carbons (Fsp3) is 0.143. The van der Waals surface area contributed by atoms with Crippen LogP contribution in [0, 0.1) is 20.8 Å². The zero-order valence-corrected chi connectivity index (χ0v) is 39.7. The van der Waals surface area contributed by atoms with Crippen LogP contribution < -0.4 is 15.6 Å². The van der Waals surface area contributed by atoms with Crippen LogP contribution >= 0.6 is 11.1 Å². The van der Waals surface area contributed by atoms with Gasteiger partial charge in [0.05, 0.1) is 0 Å². The molecule has 0 aliphatic heterocycles. The molecule has 0 N–H and O–H groups in total. The van der Waals surface area contributed by atoms with Gasteiger partial charge in [-0.05, 0) is 142 Å². The number of hydrogen-bond acceptors (Lipinski definition) is 0. The minimum absolute atomic E-state index is 0.785. The molecule has 0 aromatic heterocycles. The van der Waals surface area contributed by atoms with Gasteiger partial charge in [-0.1, -0.05) is 235 Å². The summed E-state index contributed by atoms with van der Waals surface area (Å²) in [5.74, 6) is 0. The highest BCUT2D eigenvalue weighted by Crippen LogP contribution is 2.31. The van der Waals surface area contributed by atoms with Crippen molar-refractivity contribution < 1.29 is 0 Å². The summed E-state index contributed by atoms with van der Waals surface area (Å²) in [6.07, 6.45) is 4.83. The molecule has 0 bridgehead atoms. The third-order valence-electron chi connectivity index (χ3n) is 13.0. The molecule has 320 valence electrons. The van der Waals surface area contributed by atoms with Crippen molar-refractivity contribution in [2.24, 2.45) is 0 Å². The lowest BCUT2D eigenvalue weighted by Crippen LogP contribution is -2.66.